The summed E-state index contributed by atoms with van der Waals surface area (Å²) in [4.78, 5) is 62.0. The highest BCUT2D eigenvalue weighted by Gasteiger charge is 2.36. The van der Waals surface area contributed by atoms with Gasteiger partial charge in [0.25, 0.3) is 11.6 Å². The van der Waals surface area contributed by atoms with Gasteiger partial charge in [-0.3, -0.25) is 29.3 Å². The first-order chi connectivity index (χ1) is 17.7. The number of hydrogen-bond donors (Lipinski definition) is 2. The Balaban J connectivity index is 1.70. The van der Waals surface area contributed by atoms with Gasteiger partial charge in [-0.2, -0.15) is 0 Å². The van der Waals surface area contributed by atoms with E-state index in [0.717, 1.165) is 12.0 Å². The number of non-ortho nitro benzene ring substituents is 1. The lowest BCUT2D eigenvalue weighted by molar-refractivity contribution is -0.384. The van der Waals surface area contributed by atoms with E-state index >= 15 is 0 Å². The van der Waals surface area contributed by atoms with Crippen molar-refractivity contribution in [3.05, 3.63) is 81.5 Å². The van der Waals surface area contributed by atoms with Crippen LogP contribution in [0.15, 0.2) is 60.3 Å². The quantitative estimate of drug-likeness (QED) is 0.164. The van der Waals surface area contributed by atoms with Crippen LogP contribution in [-0.2, 0) is 30.3 Å². The topological polar surface area (TPSA) is 148 Å². The van der Waals surface area contributed by atoms with Gasteiger partial charge in [0.15, 0.2) is 0 Å². The van der Waals surface area contributed by atoms with E-state index in [1.54, 1.807) is 0 Å². The molecule has 11 heteroatoms. The molecule has 0 saturated carbocycles. The largest absolute Gasteiger partial charge is 0.466 e. The first-order valence-electron chi connectivity index (χ1n) is 11.8. The molecule has 0 aliphatic carbocycles. The van der Waals surface area contributed by atoms with Crippen molar-refractivity contribution in [2.75, 3.05) is 19.7 Å². The fourth-order valence-corrected chi connectivity index (χ4v) is 3.87. The maximum absolute atomic E-state index is 13.4. The third kappa shape index (κ3) is 7.99. The normalized spacial score (nSPS) is 15.5. The third-order valence-electron chi connectivity index (χ3n) is 5.60. The van der Waals surface area contributed by atoms with Crippen LogP contribution >= 0.6 is 0 Å². The number of rotatable bonds is 10. The SMILES string of the molecule is CC(=O)NC(=Cc1cccc([N+](=O)[O-])c1)C(=O)N1CCNC(=O)C1CC(=O)OCCCc1ccccc1. The molecule has 0 radical (unpaired) electrons. The van der Waals surface area contributed by atoms with Crippen LogP contribution in [0.1, 0.15) is 30.9 Å². The molecular formula is C26H28N4O7. The summed E-state index contributed by atoms with van der Waals surface area (Å²) in [7, 11) is 0. The van der Waals surface area contributed by atoms with Gasteiger partial charge in [0.2, 0.25) is 11.8 Å². The number of nitrogens with zero attached hydrogens (tertiary/aromatic N) is 2. The van der Waals surface area contributed by atoms with Gasteiger partial charge in [0.05, 0.1) is 18.0 Å². The van der Waals surface area contributed by atoms with E-state index in [1.807, 2.05) is 30.3 Å². The monoisotopic (exact) mass is 508 g/mol. The van der Waals surface area contributed by atoms with Gasteiger partial charge in [-0.1, -0.05) is 42.5 Å². The number of carbonyl (C=O) groups excluding carboxylic acids is 4. The zero-order chi connectivity index (χ0) is 26.8. The molecule has 1 aliphatic heterocycles. The number of nitrogens with one attached hydrogen (secondary N) is 2. The summed E-state index contributed by atoms with van der Waals surface area (Å²) in [5, 5.41) is 16.2. The highest BCUT2D eigenvalue weighted by Crippen LogP contribution is 2.18. The average Bonchev–Trinajstić information content (AvgIpc) is 2.87. The molecular weight excluding hydrogens is 480 g/mol. The molecule has 0 spiro atoms. The number of piperazine rings is 1. The zero-order valence-corrected chi connectivity index (χ0v) is 20.3. The number of amides is 3. The first-order valence-corrected chi connectivity index (χ1v) is 11.8. The molecule has 1 heterocycles. The molecule has 11 nitrogen and oxygen atoms in total. The molecule has 2 aromatic carbocycles. The Hall–Kier alpha value is -4.54. The fourth-order valence-electron chi connectivity index (χ4n) is 3.87. The summed E-state index contributed by atoms with van der Waals surface area (Å²) in [5.74, 6) is -2.38. The lowest BCUT2D eigenvalue weighted by Gasteiger charge is -2.35. The van der Waals surface area contributed by atoms with Crippen LogP contribution in [0.5, 0.6) is 0 Å². The molecule has 1 fully saturated rings. The van der Waals surface area contributed by atoms with Gasteiger partial charge in [0.1, 0.15) is 11.7 Å². The van der Waals surface area contributed by atoms with E-state index in [4.69, 9.17) is 4.74 Å². The van der Waals surface area contributed by atoms with Gasteiger partial charge in [0, 0.05) is 32.1 Å². The minimum atomic E-state index is -1.13. The van der Waals surface area contributed by atoms with Crippen molar-refractivity contribution in [1.29, 1.82) is 0 Å². The van der Waals surface area contributed by atoms with E-state index in [0.29, 0.717) is 12.0 Å². The summed E-state index contributed by atoms with van der Waals surface area (Å²) in [5.41, 5.74) is 1.06. The number of benzene rings is 2. The Morgan fingerprint density at radius 2 is 1.95 bits per heavy atom. The second-order valence-electron chi connectivity index (χ2n) is 8.41. The number of ether oxygens (including phenoxy) is 1. The average molecular weight is 509 g/mol. The smallest absolute Gasteiger partial charge is 0.308 e. The van der Waals surface area contributed by atoms with E-state index in [9.17, 15) is 29.3 Å². The Morgan fingerprint density at radius 1 is 1.19 bits per heavy atom. The summed E-state index contributed by atoms with van der Waals surface area (Å²) in [6.07, 6.45) is 2.27. The maximum atomic E-state index is 13.4. The first kappa shape index (κ1) is 27.1. The predicted molar refractivity (Wildman–Crippen MR) is 134 cm³/mol. The van der Waals surface area contributed by atoms with E-state index in [1.165, 1.54) is 42.2 Å². The summed E-state index contributed by atoms with van der Waals surface area (Å²) < 4.78 is 5.29. The lowest BCUT2D eigenvalue weighted by Crippen LogP contribution is -2.58. The second kappa shape index (κ2) is 13.0. The molecule has 3 amide bonds. The number of carbonyl (C=O) groups is 4. The molecule has 1 unspecified atom stereocenters. The van der Waals surface area contributed by atoms with Crippen LogP contribution in [0.2, 0.25) is 0 Å². The van der Waals surface area contributed by atoms with Gasteiger partial charge in [-0.05, 0) is 30.0 Å². The van der Waals surface area contributed by atoms with Crippen LogP contribution in [0.3, 0.4) is 0 Å². The van der Waals surface area contributed by atoms with Crippen LogP contribution in [0.4, 0.5) is 5.69 Å². The standard InChI is InChI=1S/C26H28N4O7/c1-18(31)28-22(16-20-9-5-11-21(15-20)30(35)36)26(34)29-13-12-27-25(33)23(29)17-24(32)37-14-6-10-19-7-3-2-4-8-19/h2-5,7-9,11,15-16,23H,6,10,12-14,17H2,1H3,(H,27,33)(H,28,31). The number of nitro benzene ring substituents is 1. The van der Waals surface area contributed by atoms with Crippen LogP contribution < -0.4 is 10.6 Å². The van der Waals surface area contributed by atoms with Gasteiger partial charge in [-0.15, -0.1) is 0 Å². The Morgan fingerprint density at radius 3 is 2.65 bits per heavy atom. The van der Waals surface area contributed by atoms with Crippen molar-refractivity contribution in [3.63, 3.8) is 0 Å². The summed E-state index contributed by atoms with van der Waals surface area (Å²) in [6, 6.07) is 14.1. The molecule has 194 valence electrons. The Labute approximate surface area is 213 Å². The Kier molecular flexibility index (Phi) is 9.48. The number of nitro groups is 1. The minimum Gasteiger partial charge on any atom is -0.466 e. The highest BCUT2D eigenvalue weighted by atomic mass is 16.6. The van der Waals surface area contributed by atoms with Gasteiger partial charge in [-0.25, -0.2) is 0 Å². The third-order valence-corrected chi connectivity index (χ3v) is 5.60. The van der Waals surface area contributed by atoms with E-state index in [-0.39, 0.29) is 37.5 Å². The van der Waals surface area contributed by atoms with Crippen LogP contribution in [0.25, 0.3) is 6.08 Å². The van der Waals surface area contributed by atoms with Gasteiger partial charge >= 0.3 is 5.97 Å². The molecule has 37 heavy (non-hydrogen) atoms. The van der Waals surface area contributed by atoms with Crippen molar-refractivity contribution >= 4 is 35.5 Å². The fraction of sp³-hybridized carbons (Fsp3) is 0.308. The van der Waals surface area contributed by atoms with Crippen molar-refractivity contribution in [1.82, 2.24) is 15.5 Å². The summed E-state index contributed by atoms with van der Waals surface area (Å²) in [6.45, 7) is 1.64. The number of esters is 1. The van der Waals surface area contributed by atoms with E-state index < -0.39 is 34.7 Å². The molecule has 1 atom stereocenters. The molecule has 0 bridgehead atoms. The summed E-state index contributed by atoms with van der Waals surface area (Å²) >= 11 is 0. The van der Waals surface area contributed by atoms with Crippen molar-refractivity contribution in [2.24, 2.45) is 0 Å². The zero-order valence-electron chi connectivity index (χ0n) is 20.3. The molecule has 0 aromatic heterocycles. The Bertz CT molecular complexity index is 1200. The maximum Gasteiger partial charge on any atom is 0.308 e. The molecule has 1 aliphatic rings. The van der Waals surface area contributed by atoms with E-state index in [2.05, 4.69) is 10.6 Å². The van der Waals surface area contributed by atoms with Crippen LogP contribution in [-0.4, -0.2) is 59.3 Å². The van der Waals surface area contributed by atoms with Crippen molar-refractivity contribution < 1.29 is 28.8 Å². The lowest BCUT2D eigenvalue weighted by atomic mass is 10.1. The van der Waals surface area contributed by atoms with Crippen molar-refractivity contribution in [2.45, 2.75) is 32.2 Å². The minimum absolute atomic E-state index is 0.0996. The molecule has 2 aromatic rings. The molecule has 3 rings (SSSR count). The molecule has 1 saturated heterocycles. The second-order valence-corrected chi connectivity index (χ2v) is 8.41. The number of hydrogen-bond acceptors (Lipinski definition) is 7. The highest BCUT2D eigenvalue weighted by molar-refractivity contribution is 6.03. The van der Waals surface area contributed by atoms with Gasteiger partial charge < -0.3 is 20.3 Å². The number of aryl methyl sites for hydroxylation is 1. The van der Waals surface area contributed by atoms with Crippen molar-refractivity contribution in [3.8, 4) is 0 Å². The molecule has 2 N–H and O–H groups in total. The predicted octanol–water partition coefficient (Wildman–Crippen LogP) is 1.96. The van der Waals surface area contributed by atoms with Crippen LogP contribution in [0, 0.1) is 10.1 Å².